The summed E-state index contributed by atoms with van der Waals surface area (Å²) >= 11 is 0. The average Bonchev–Trinajstić information content (AvgIpc) is 3.02. The fourth-order valence-electron chi connectivity index (χ4n) is 2.35. The number of rotatable bonds is 5. The van der Waals surface area contributed by atoms with Gasteiger partial charge in [-0.2, -0.15) is 0 Å². The number of fused-ring (bicyclic) bond motifs is 1. The first-order valence-electron chi connectivity index (χ1n) is 6.59. The lowest BCUT2D eigenvalue weighted by molar-refractivity contribution is 0.678. The summed E-state index contributed by atoms with van der Waals surface area (Å²) in [4.78, 5) is 10.7. The summed E-state index contributed by atoms with van der Waals surface area (Å²) in [5.41, 5.74) is 3.71. The van der Waals surface area contributed by atoms with E-state index in [-0.39, 0.29) is 0 Å². The van der Waals surface area contributed by atoms with Gasteiger partial charge in [-0.1, -0.05) is 18.2 Å². The second-order valence-corrected chi connectivity index (χ2v) is 4.78. The minimum atomic E-state index is 0.837. The Kier molecular flexibility index (Phi) is 3.33. The Morgan fingerprint density at radius 2 is 2.16 bits per heavy atom. The van der Waals surface area contributed by atoms with Crippen molar-refractivity contribution in [2.24, 2.45) is 0 Å². The predicted octanol–water partition coefficient (Wildman–Crippen LogP) is 2.53. The molecule has 0 atom stereocenters. The molecule has 98 valence electrons. The van der Waals surface area contributed by atoms with Crippen molar-refractivity contribution in [2.45, 2.75) is 19.9 Å². The lowest BCUT2D eigenvalue weighted by Gasteiger charge is -2.02. The summed E-state index contributed by atoms with van der Waals surface area (Å²) in [6.45, 7) is 3.76. The van der Waals surface area contributed by atoms with Crippen molar-refractivity contribution in [3.8, 4) is 0 Å². The van der Waals surface area contributed by atoms with E-state index in [1.54, 1.807) is 0 Å². The number of hydrogen-bond acceptors (Lipinski definition) is 2. The lowest BCUT2D eigenvalue weighted by Crippen LogP contribution is -2.16. The van der Waals surface area contributed by atoms with Crippen molar-refractivity contribution in [2.75, 3.05) is 6.54 Å². The fraction of sp³-hybridized carbons (Fsp3) is 0.267. The first-order chi connectivity index (χ1) is 9.33. The number of imidazole rings is 1. The molecule has 0 amide bonds. The summed E-state index contributed by atoms with van der Waals surface area (Å²) < 4.78 is 0. The molecule has 0 fully saturated rings. The van der Waals surface area contributed by atoms with E-state index in [0.29, 0.717) is 0 Å². The molecule has 0 aliphatic rings. The maximum Gasteiger partial charge on any atom is 0.103 e. The number of para-hydroxylation sites is 1. The Hall–Kier alpha value is -2.07. The first-order valence-corrected chi connectivity index (χ1v) is 6.59. The normalized spacial score (nSPS) is 11.2. The van der Waals surface area contributed by atoms with Gasteiger partial charge < -0.3 is 15.3 Å². The van der Waals surface area contributed by atoms with Gasteiger partial charge in [0.2, 0.25) is 0 Å². The van der Waals surface area contributed by atoms with E-state index >= 15 is 0 Å². The van der Waals surface area contributed by atoms with Crippen LogP contribution >= 0.6 is 0 Å². The summed E-state index contributed by atoms with van der Waals surface area (Å²) in [6.07, 6.45) is 5.01. The zero-order chi connectivity index (χ0) is 13.1. The van der Waals surface area contributed by atoms with E-state index in [0.717, 1.165) is 31.0 Å². The molecular formula is C15H18N4. The third-order valence-electron chi connectivity index (χ3n) is 3.32. The van der Waals surface area contributed by atoms with Crippen LogP contribution < -0.4 is 5.32 Å². The maximum atomic E-state index is 4.19. The van der Waals surface area contributed by atoms with E-state index in [4.69, 9.17) is 0 Å². The van der Waals surface area contributed by atoms with Crippen molar-refractivity contribution in [3.63, 3.8) is 0 Å². The monoisotopic (exact) mass is 254 g/mol. The van der Waals surface area contributed by atoms with Crippen LogP contribution in [0, 0.1) is 6.92 Å². The zero-order valence-corrected chi connectivity index (χ0v) is 11.0. The molecule has 3 N–H and O–H groups in total. The molecule has 0 aliphatic heterocycles. The highest BCUT2D eigenvalue weighted by Gasteiger charge is 2.02. The van der Waals surface area contributed by atoms with Crippen molar-refractivity contribution >= 4 is 10.9 Å². The van der Waals surface area contributed by atoms with Gasteiger partial charge in [-0.25, -0.2) is 4.98 Å². The van der Waals surface area contributed by atoms with Crippen molar-refractivity contribution in [1.29, 1.82) is 0 Å². The number of nitrogens with zero attached hydrogens (tertiary/aromatic N) is 1. The Balaban J connectivity index is 1.55. The van der Waals surface area contributed by atoms with Crippen LogP contribution in [-0.4, -0.2) is 21.5 Å². The van der Waals surface area contributed by atoms with E-state index in [1.807, 2.05) is 13.1 Å². The van der Waals surface area contributed by atoms with Crippen molar-refractivity contribution < 1.29 is 0 Å². The molecule has 2 heterocycles. The third-order valence-corrected chi connectivity index (χ3v) is 3.32. The zero-order valence-electron chi connectivity index (χ0n) is 11.0. The molecule has 4 nitrogen and oxygen atoms in total. The van der Waals surface area contributed by atoms with Crippen LogP contribution in [0.25, 0.3) is 10.9 Å². The number of H-pyrrole nitrogens is 2. The van der Waals surface area contributed by atoms with Gasteiger partial charge in [-0.05, 0) is 31.5 Å². The van der Waals surface area contributed by atoms with Gasteiger partial charge >= 0.3 is 0 Å². The molecule has 1 aromatic carbocycles. The summed E-state index contributed by atoms with van der Waals surface area (Å²) in [5, 5.41) is 4.75. The van der Waals surface area contributed by atoms with Gasteiger partial charge in [0.25, 0.3) is 0 Å². The van der Waals surface area contributed by atoms with Gasteiger partial charge in [0.05, 0.1) is 0 Å². The van der Waals surface area contributed by atoms with Crippen LogP contribution in [0.15, 0.2) is 36.7 Å². The standard InChI is InChI=1S/C15H18N4/c1-11-17-10-13(19-11)9-16-7-6-12-8-18-15-5-3-2-4-14(12)15/h2-5,8,10,16,18H,6-7,9H2,1H3,(H,17,19). The molecule has 0 unspecified atom stereocenters. The number of aromatic nitrogens is 3. The minimum absolute atomic E-state index is 0.837. The summed E-state index contributed by atoms with van der Waals surface area (Å²) in [6, 6.07) is 8.42. The molecule has 2 aromatic heterocycles. The Bertz CT molecular complexity index is 665. The predicted molar refractivity (Wildman–Crippen MR) is 77.0 cm³/mol. The van der Waals surface area contributed by atoms with Gasteiger partial charge in [-0.3, -0.25) is 0 Å². The third kappa shape index (κ3) is 2.69. The molecule has 3 rings (SSSR count). The highest BCUT2D eigenvalue weighted by atomic mass is 15.0. The Morgan fingerprint density at radius 3 is 3.00 bits per heavy atom. The van der Waals surface area contributed by atoms with Crippen LogP contribution in [-0.2, 0) is 13.0 Å². The number of nitrogens with one attached hydrogen (secondary N) is 3. The molecule has 19 heavy (non-hydrogen) atoms. The van der Waals surface area contributed by atoms with Crippen LogP contribution in [0.4, 0.5) is 0 Å². The second-order valence-electron chi connectivity index (χ2n) is 4.78. The van der Waals surface area contributed by atoms with Gasteiger partial charge in [0.15, 0.2) is 0 Å². The molecule has 0 saturated heterocycles. The van der Waals surface area contributed by atoms with Crippen LogP contribution in [0.2, 0.25) is 0 Å². The summed E-state index contributed by atoms with van der Waals surface area (Å²) in [7, 11) is 0. The number of aromatic amines is 2. The van der Waals surface area contributed by atoms with Crippen LogP contribution in [0.5, 0.6) is 0 Å². The van der Waals surface area contributed by atoms with Crippen LogP contribution in [0.3, 0.4) is 0 Å². The molecular weight excluding hydrogens is 236 g/mol. The SMILES string of the molecule is Cc1ncc(CNCCc2c[nH]c3ccccc23)[nH]1. The van der Waals surface area contributed by atoms with Crippen molar-refractivity contribution in [3.05, 3.63) is 53.7 Å². The lowest BCUT2D eigenvalue weighted by atomic mass is 10.1. The number of benzene rings is 1. The van der Waals surface area contributed by atoms with Crippen LogP contribution in [0.1, 0.15) is 17.1 Å². The topological polar surface area (TPSA) is 56.5 Å². The Morgan fingerprint density at radius 1 is 1.26 bits per heavy atom. The second kappa shape index (κ2) is 5.28. The molecule has 4 heteroatoms. The van der Waals surface area contributed by atoms with E-state index in [1.165, 1.54) is 16.5 Å². The quantitative estimate of drug-likeness (QED) is 0.613. The van der Waals surface area contributed by atoms with E-state index in [9.17, 15) is 0 Å². The highest BCUT2D eigenvalue weighted by Crippen LogP contribution is 2.17. The minimum Gasteiger partial charge on any atom is -0.361 e. The maximum absolute atomic E-state index is 4.19. The molecule has 0 aliphatic carbocycles. The number of hydrogen-bond donors (Lipinski definition) is 3. The van der Waals surface area contributed by atoms with Crippen molar-refractivity contribution in [1.82, 2.24) is 20.3 Å². The number of aryl methyl sites for hydroxylation is 1. The molecule has 0 bridgehead atoms. The van der Waals surface area contributed by atoms with Gasteiger partial charge in [0, 0.05) is 35.5 Å². The average molecular weight is 254 g/mol. The molecule has 0 spiro atoms. The van der Waals surface area contributed by atoms with Gasteiger partial charge in [0.1, 0.15) is 5.82 Å². The molecule has 3 aromatic rings. The highest BCUT2D eigenvalue weighted by molar-refractivity contribution is 5.83. The van der Waals surface area contributed by atoms with E-state index in [2.05, 4.69) is 50.7 Å². The molecule has 0 radical (unpaired) electrons. The fourth-order valence-corrected chi connectivity index (χ4v) is 2.35. The summed E-state index contributed by atoms with van der Waals surface area (Å²) in [5.74, 6) is 0.966. The van der Waals surface area contributed by atoms with Gasteiger partial charge in [-0.15, -0.1) is 0 Å². The van der Waals surface area contributed by atoms with E-state index < -0.39 is 0 Å². The molecule has 0 saturated carbocycles. The smallest absolute Gasteiger partial charge is 0.103 e. The largest absolute Gasteiger partial charge is 0.361 e. The first kappa shape index (κ1) is 12.0. The Labute approximate surface area is 112 Å².